The lowest BCUT2D eigenvalue weighted by Gasteiger charge is -2.33. The summed E-state index contributed by atoms with van der Waals surface area (Å²) in [6.07, 6.45) is 1.47. The fraction of sp³-hybridized carbons (Fsp3) is 0.571. The molecule has 2 N–H and O–H groups in total. The van der Waals surface area contributed by atoms with Crippen LogP contribution in [0.1, 0.15) is 30.5 Å². The first-order chi connectivity index (χ1) is 10.1. The molecular weight excluding hydrogens is 290 g/mol. The Balaban J connectivity index is 1.94. The van der Waals surface area contributed by atoms with E-state index < -0.39 is 5.60 Å². The number of thiophene rings is 1. The third-order valence-corrected chi connectivity index (χ3v) is 4.55. The number of aryl methyl sites for hydroxylation is 1. The molecule has 1 fully saturated rings. The van der Waals surface area contributed by atoms with Crippen LogP contribution in [-0.4, -0.2) is 30.0 Å². The highest BCUT2D eigenvalue weighted by Gasteiger charge is 2.40. The van der Waals surface area contributed by atoms with Crippen LogP contribution >= 0.6 is 11.3 Å². The Morgan fingerprint density at radius 3 is 2.81 bits per heavy atom. The van der Waals surface area contributed by atoms with Gasteiger partial charge in [-0.15, -0.1) is 11.3 Å². The molecule has 0 spiro atoms. The number of anilines is 1. The minimum absolute atomic E-state index is 0.456. The van der Waals surface area contributed by atoms with E-state index >= 15 is 0 Å². The van der Waals surface area contributed by atoms with Gasteiger partial charge in [0.15, 0.2) is 0 Å². The van der Waals surface area contributed by atoms with Gasteiger partial charge in [0.1, 0.15) is 5.60 Å². The standard InChI is InChI=1S/C14H19N3O3S/c1-3-19-14(4-6-18-7-5-14)13-16-12(20-17-13)10-8-9(2)21-11(10)15/h8H,3-7,15H2,1-2H3. The highest BCUT2D eigenvalue weighted by atomic mass is 32.1. The van der Waals surface area contributed by atoms with Crippen molar-refractivity contribution in [2.24, 2.45) is 0 Å². The second kappa shape index (κ2) is 5.75. The van der Waals surface area contributed by atoms with Gasteiger partial charge in [0.05, 0.1) is 10.6 Å². The van der Waals surface area contributed by atoms with Gasteiger partial charge in [-0.1, -0.05) is 5.16 Å². The van der Waals surface area contributed by atoms with Gasteiger partial charge in [0.2, 0.25) is 5.82 Å². The largest absolute Gasteiger partial charge is 0.390 e. The predicted octanol–water partition coefficient (Wildman–Crippen LogP) is 2.73. The summed E-state index contributed by atoms with van der Waals surface area (Å²) in [6.45, 7) is 5.86. The predicted molar refractivity (Wildman–Crippen MR) is 80.1 cm³/mol. The zero-order chi connectivity index (χ0) is 14.9. The highest BCUT2D eigenvalue weighted by Crippen LogP contribution is 2.37. The quantitative estimate of drug-likeness (QED) is 0.935. The van der Waals surface area contributed by atoms with Crippen molar-refractivity contribution in [3.8, 4) is 11.5 Å². The zero-order valence-electron chi connectivity index (χ0n) is 12.2. The van der Waals surface area contributed by atoms with Crippen molar-refractivity contribution in [1.29, 1.82) is 0 Å². The molecule has 1 aliphatic heterocycles. The molecule has 0 aromatic carbocycles. The molecule has 3 rings (SSSR count). The normalized spacial score (nSPS) is 18.0. The number of hydrogen-bond acceptors (Lipinski definition) is 7. The van der Waals surface area contributed by atoms with Gasteiger partial charge < -0.3 is 19.7 Å². The molecule has 0 atom stereocenters. The molecule has 3 heterocycles. The molecule has 2 aromatic rings. The van der Waals surface area contributed by atoms with Crippen LogP contribution in [0, 0.1) is 6.92 Å². The third-order valence-electron chi connectivity index (χ3n) is 3.67. The lowest BCUT2D eigenvalue weighted by molar-refractivity contribution is -0.118. The Kier molecular flexibility index (Phi) is 3.97. The summed E-state index contributed by atoms with van der Waals surface area (Å²) in [5.41, 5.74) is 6.29. The number of nitrogen functional groups attached to an aromatic ring is 1. The van der Waals surface area contributed by atoms with Crippen LogP contribution in [-0.2, 0) is 15.1 Å². The summed E-state index contributed by atoms with van der Waals surface area (Å²) in [4.78, 5) is 5.66. The molecular formula is C14H19N3O3S. The molecule has 0 aliphatic carbocycles. The Hall–Kier alpha value is -1.44. The molecule has 2 aromatic heterocycles. The summed E-state index contributed by atoms with van der Waals surface area (Å²) in [5.74, 6) is 1.04. The van der Waals surface area contributed by atoms with Crippen LogP contribution in [0.25, 0.3) is 11.5 Å². The minimum Gasteiger partial charge on any atom is -0.390 e. The molecule has 0 bridgehead atoms. The van der Waals surface area contributed by atoms with Crippen molar-refractivity contribution in [1.82, 2.24) is 10.1 Å². The Labute approximate surface area is 127 Å². The van der Waals surface area contributed by atoms with E-state index in [1.54, 1.807) is 0 Å². The first-order valence-electron chi connectivity index (χ1n) is 7.07. The topological polar surface area (TPSA) is 83.4 Å². The van der Waals surface area contributed by atoms with Gasteiger partial charge in [-0.2, -0.15) is 4.98 Å². The average Bonchev–Trinajstić information content (AvgIpc) is 3.07. The zero-order valence-corrected chi connectivity index (χ0v) is 13.0. The van der Waals surface area contributed by atoms with Crippen molar-refractivity contribution >= 4 is 16.3 Å². The molecule has 0 amide bonds. The number of nitrogens with zero attached hydrogens (tertiary/aromatic N) is 2. The van der Waals surface area contributed by atoms with Crippen LogP contribution in [0.5, 0.6) is 0 Å². The fourth-order valence-electron chi connectivity index (χ4n) is 2.63. The summed E-state index contributed by atoms with van der Waals surface area (Å²) < 4.78 is 16.8. The molecule has 7 heteroatoms. The van der Waals surface area contributed by atoms with Gasteiger partial charge in [-0.25, -0.2) is 0 Å². The van der Waals surface area contributed by atoms with Crippen molar-refractivity contribution in [2.75, 3.05) is 25.6 Å². The molecule has 1 aliphatic rings. The highest BCUT2D eigenvalue weighted by molar-refractivity contribution is 7.16. The van der Waals surface area contributed by atoms with E-state index in [4.69, 9.17) is 19.7 Å². The number of rotatable bonds is 4. The summed E-state index contributed by atoms with van der Waals surface area (Å²) >= 11 is 1.52. The fourth-order valence-corrected chi connectivity index (χ4v) is 3.41. The second-order valence-corrected chi connectivity index (χ2v) is 6.39. The minimum atomic E-state index is -0.505. The van der Waals surface area contributed by atoms with Crippen LogP contribution in [0.15, 0.2) is 10.6 Å². The van der Waals surface area contributed by atoms with Crippen LogP contribution in [0.3, 0.4) is 0 Å². The SMILES string of the molecule is CCOC1(c2noc(-c3cc(C)sc3N)n2)CCOCC1. The summed E-state index contributed by atoms with van der Waals surface area (Å²) in [7, 11) is 0. The van der Waals surface area contributed by atoms with Crippen LogP contribution < -0.4 is 5.73 Å². The lowest BCUT2D eigenvalue weighted by Crippen LogP contribution is -2.37. The van der Waals surface area contributed by atoms with E-state index in [1.807, 2.05) is 19.9 Å². The van der Waals surface area contributed by atoms with Gasteiger partial charge in [0.25, 0.3) is 5.89 Å². The number of nitrogens with two attached hydrogens (primary N) is 1. The first kappa shape index (κ1) is 14.5. The summed E-state index contributed by atoms with van der Waals surface area (Å²) in [6, 6.07) is 1.97. The second-order valence-electron chi connectivity index (χ2n) is 5.10. The van der Waals surface area contributed by atoms with E-state index in [0.717, 1.165) is 23.3 Å². The maximum Gasteiger partial charge on any atom is 0.261 e. The van der Waals surface area contributed by atoms with Crippen molar-refractivity contribution < 1.29 is 14.0 Å². The van der Waals surface area contributed by atoms with Crippen LogP contribution in [0.2, 0.25) is 0 Å². The molecule has 0 radical (unpaired) electrons. The number of aromatic nitrogens is 2. The summed E-state index contributed by atoms with van der Waals surface area (Å²) in [5, 5.41) is 4.83. The maximum absolute atomic E-state index is 5.99. The van der Waals surface area contributed by atoms with Crippen molar-refractivity contribution in [2.45, 2.75) is 32.3 Å². The van der Waals surface area contributed by atoms with Crippen LogP contribution in [0.4, 0.5) is 5.00 Å². The number of ether oxygens (including phenoxy) is 2. The van der Waals surface area contributed by atoms with E-state index in [0.29, 0.717) is 36.5 Å². The van der Waals surface area contributed by atoms with E-state index in [-0.39, 0.29) is 0 Å². The van der Waals surface area contributed by atoms with E-state index in [9.17, 15) is 0 Å². The molecule has 114 valence electrons. The van der Waals surface area contributed by atoms with Gasteiger partial charge >= 0.3 is 0 Å². The van der Waals surface area contributed by atoms with Gasteiger partial charge in [-0.3, -0.25) is 0 Å². The smallest absolute Gasteiger partial charge is 0.261 e. The van der Waals surface area contributed by atoms with Gasteiger partial charge in [-0.05, 0) is 19.9 Å². The average molecular weight is 309 g/mol. The molecule has 6 nitrogen and oxygen atoms in total. The van der Waals surface area contributed by atoms with Crippen molar-refractivity contribution in [3.05, 3.63) is 16.8 Å². The van der Waals surface area contributed by atoms with E-state index in [2.05, 4.69) is 10.1 Å². The molecule has 21 heavy (non-hydrogen) atoms. The third kappa shape index (κ3) is 2.68. The van der Waals surface area contributed by atoms with E-state index in [1.165, 1.54) is 11.3 Å². The maximum atomic E-state index is 5.99. The first-order valence-corrected chi connectivity index (χ1v) is 7.88. The Bertz CT molecular complexity index is 611. The molecule has 0 unspecified atom stereocenters. The van der Waals surface area contributed by atoms with Gasteiger partial charge in [0, 0.05) is 37.5 Å². The number of hydrogen-bond donors (Lipinski definition) is 1. The molecule has 0 saturated carbocycles. The Morgan fingerprint density at radius 1 is 1.43 bits per heavy atom. The Morgan fingerprint density at radius 2 is 2.19 bits per heavy atom. The van der Waals surface area contributed by atoms with Crippen molar-refractivity contribution in [3.63, 3.8) is 0 Å². The monoisotopic (exact) mass is 309 g/mol. The molecule has 1 saturated heterocycles. The lowest BCUT2D eigenvalue weighted by atomic mass is 9.93.